The van der Waals surface area contributed by atoms with Gasteiger partial charge in [0.25, 0.3) is 5.88 Å². The van der Waals surface area contributed by atoms with Crippen molar-refractivity contribution in [2.24, 2.45) is 0 Å². The summed E-state index contributed by atoms with van der Waals surface area (Å²) in [6.07, 6.45) is 0. The maximum Gasteiger partial charge on any atom is 0.323 e. The van der Waals surface area contributed by atoms with Crippen LogP contribution in [0.5, 0.6) is 5.88 Å². The number of hydrogen-bond acceptors (Lipinski definition) is 5. The average Bonchev–Trinajstić information content (AvgIpc) is 2.73. The van der Waals surface area contributed by atoms with Gasteiger partial charge in [0.1, 0.15) is 5.82 Å². The number of carbonyl (C=O) groups excluding carboxylic acids is 1. The lowest BCUT2D eigenvalue weighted by atomic mass is 10.1. The summed E-state index contributed by atoms with van der Waals surface area (Å²) in [6.45, 7) is 4.73. The van der Waals surface area contributed by atoms with Crippen LogP contribution in [0.4, 0.5) is 20.7 Å². The zero-order valence-corrected chi connectivity index (χ0v) is 16.4. The minimum absolute atomic E-state index is 0.178. The molecule has 0 radical (unpaired) electrons. The summed E-state index contributed by atoms with van der Waals surface area (Å²) in [5.41, 5.74) is 3.25. The number of piperazine rings is 1. The molecule has 2 aromatic carbocycles. The van der Waals surface area contributed by atoms with Gasteiger partial charge in [-0.2, -0.15) is 0 Å². The lowest BCUT2D eigenvalue weighted by Crippen LogP contribution is -2.50. The summed E-state index contributed by atoms with van der Waals surface area (Å²) < 4.78 is 18.8. The molecule has 1 saturated heterocycles. The summed E-state index contributed by atoms with van der Waals surface area (Å²) in [6, 6.07) is 12.1. The molecule has 8 heteroatoms. The van der Waals surface area contributed by atoms with E-state index in [-0.39, 0.29) is 17.7 Å². The zero-order chi connectivity index (χ0) is 20.4. The third-order valence-electron chi connectivity index (χ3n) is 5.04. The molecule has 0 atom stereocenters. The lowest BCUT2D eigenvalue weighted by Gasteiger charge is -2.36. The molecule has 7 nitrogen and oxygen atoms in total. The van der Waals surface area contributed by atoms with Gasteiger partial charge in [0.05, 0.1) is 18.1 Å². The van der Waals surface area contributed by atoms with Crippen LogP contribution in [0.3, 0.4) is 0 Å². The Morgan fingerprint density at radius 2 is 1.83 bits per heavy atom. The summed E-state index contributed by atoms with van der Waals surface area (Å²) >= 11 is 0. The van der Waals surface area contributed by atoms with Gasteiger partial charge in [-0.15, -0.1) is 0 Å². The molecule has 1 aliphatic heterocycles. The van der Waals surface area contributed by atoms with Crippen molar-refractivity contribution in [3.63, 3.8) is 0 Å². The van der Waals surface area contributed by atoms with Crippen LogP contribution in [0, 0.1) is 12.7 Å². The van der Waals surface area contributed by atoms with Gasteiger partial charge in [0, 0.05) is 37.9 Å². The molecule has 0 spiro atoms. The SMILES string of the molecule is COc1nc2ccc(F)cc2nc1NC(=O)N1CCN(c2ccccc2C)CC1. The minimum Gasteiger partial charge on any atom is -0.478 e. The number of nitrogens with one attached hydrogen (secondary N) is 1. The Morgan fingerprint density at radius 1 is 1.07 bits per heavy atom. The fourth-order valence-corrected chi connectivity index (χ4v) is 3.48. The fourth-order valence-electron chi connectivity index (χ4n) is 3.48. The van der Waals surface area contributed by atoms with Gasteiger partial charge in [-0.3, -0.25) is 5.32 Å². The highest BCUT2D eigenvalue weighted by atomic mass is 19.1. The highest BCUT2D eigenvalue weighted by Crippen LogP contribution is 2.25. The minimum atomic E-state index is -0.415. The predicted molar refractivity (Wildman–Crippen MR) is 110 cm³/mol. The van der Waals surface area contributed by atoms with E-state index in [2.05, 4.69) is 39.2 Å². The van der Waals surface area contributed by atoms with E-state index < -0.39 is 5.82 Å². The fraction of sp³-hybridized carbons (Fsp3) is 0.286. The quantitative estimate of drug-likeness (QED) is 0.736. The van der Waals surface area contributed by atoms with Crippen LogP contribution >= 0.6 is 0 Å². The molecule has 3 aromatic rings. The van der Waals surface area contributed by atoms with Gasteiger partial charge < -0.3 is 14.5 Å². The van der Waals surface area contributed by atoms with Crippen LogP contribution in [-0.2, 0) is 0 Å². The van der Waals surface area contributed by atoms with E-state index in [0.717, 1.165) is 13.1 Å². The molecular weight excluding hydrogens is 373 g/mol. The normalized spacial score (nSPS) is 14.2. The Kier molecular flexibility index (Phi) is 5.16. The number of amides is 2. The van der Waals surface area contributed by atoms with Crippen molar-refractivity contribution in [2.75, 3.05) is 43.5 Å². The summed E-state index contributed by atoms with van der Waals surface area (Å²) in [4.78, 5) is 25.4. The van der Waals surface area contributed by atoms with Gasteiger partial charge in [-0.05, 0) is 30.7 Å². The molecule has 1 N–H and O–H groups in total. The molecule has 150 valence electrons. The number of nitrogens with zero attached hydrogens (tertiary/aromatic N) is 4. The van der Waals surface area contributed by atoms with E-state index in [4.69, 9.17) is 4.74 Å². The van der Waals surface area contributed by atoms with E-state index in [0.29, 0.717) is 24.1 Å². The Balaban J connectivity index is 1.47. The van der Waals surface area contributed by atoms with Gasteiger partial charge >= 0.3 is 6.03 Å². The number of benzene rings is 2. The van der Waals surface area contributed by atoms with Crippen LogP contribution in [0.1, 0.15) is 5.56 Å². The van der Waals surface area contributed by atoms with Gasteiger partial charge in [-0.1, -0.05) is 18.2 Å². The second kappa shape index (κ2) is 7.90. The van der Waals surface area contributed by atoms with Crippen molar-refractivity contribution in [3.05, 3.63) is 53.8 Å². The number of fused-ring (bicyclic) bond motifs is 1. The van der Waals surface area contributed by atoms with Crippen LogP contribution in [-0.4, -0.2) is 54.2 Å². The molecule has 29 heavy (non-hydrogen) atoms. The Bertz CT molecular complexity index is 1050. The molecule has 0 saturated carbocycles. The number of anilines is 2. The second-order valence-electron chi connectivity index (χ2n) is 6.91. The van der Waals surface area contributed by atoms with Crippen LogP contribution in [0.15, 0.2) is 42.5 Å². The first-order chi connectivity index (χ1) is 14.0. The number of aromatic nitrogens is 2. The first-order valence-electron chi connectivity index (χ1n) is 9.43. The Morgan fingerprint density at radius 3 is 2.55 bits per heavy atom. The Labute approximate surface area is 168 Å². The first kappa shape index (κ1) is 18.9. The van der Waals surface area contributed by atoms with Crippen molar-refractivity contribution in [1.29, 1.82) is 0 Å². The van der Waals surface area contributed by atoms with Crippen molar-refractivity contribution >= 4 is 28.6 Å². The number of para-hydroxylation sites is 1. The largest absolute Gasteiger partial charge is 0.478 e. The molecular formula is C21H22FN5O2. The topological polar surface area (TPSA) is 70.6 Å². The Hall–Kier alpha value is -3.42. The number of ether oxygens (including phenoxy) is 1. The summed E-state index contributed by atoms with van der Waals surface area (Å²) in [5.74, 6) is -0.0468. The number of hydrogen-bond donors (Lipinski definition) is 1. The molecule has 1 aromatic heterocycles. The molecule has 2 heterocycles. The van der Waals surface area contributed by atoms with Crippen LogP contribution in [0.2, 0.25) is 0 Å². The predicted octanol–water partition coefficient (Wildman–Crippen LogP) is 3.44. The third-order valence-corrected chi connectivity index (χ3v) is 5.04. The van der Waals surface area contributed by atoms with E-state index in [9.17, 15) is 9.18 Å². The number of methoxy groups -OCH3 is 1. The highest BCUT2D eigenvalue weighted by Gasteiger charge is 2.23. The number of rotatable bonds is 3. The molecule has 2 amide bonds. The highest BCUT2D eigenvalue weighted by molar-refractivity contribution is 5.91. The third kappa shape index (κ3) is 3.91. The summed E-state index contributed by atoms with van der Waals surface area (Å²) in [7, 11) is 1.45. The van der Waals surface area contributed by atoms with E-state index in [1.165, 1.54) is 36.6 Å². The molecule has 0 bridgehead atoms. The smallest absolute Gasteiger partial charge is 0.323 e. The average molecular weight is 395 g/mol. The standard InChI is InChI=1S/C21H22FN5O2/c1-14-5-3-4-6-18(14)26-9-11-27(12-10-26)21(28)25-19-20(29-2)24-16-8-7-15(22)13-17(16)23-19/h3-8,13H,9-12H2,1-2H3,(H,23,25,28). The lowest BCUT2D eigenvalue weighted by molar-refractivity contribution is 0.208. The van der Waals surface area contributed by atoms with Gasteiger partial charge in [0.2, 0.25) is 0 Å². The maximum absolute atomic E-state index is 13.5. The molecule has 1 aliphatic rings. The van der Waals surface area contributed by atoms with Crippen molar-refractivity contribution in [3.8, 4) is 5.88 Å². The van der Waals surface area contributed by atoms with Crippen LogP contribution in [0.25, 0.3) is 11.0 Å². The molecule has 0 unspecified atom stereocenters. The molecule has 0 aliphatic carbocycles. The number of carbonyl (C=O) groups is 1. The number of urea groups is 1. The van der Waals surface area contributed by atoms with E-state index in [1.54, 1.807) is 4.90 Å². The second-order valence-corrected chi connectivity index (χ2v) is 6.91. The monoisotopic (exact) mass is 395 g/mol. The van der Waals surface area contributed by atoms with Gasteiger partial charge in [-0.25, -0.2) is 19.2 Å². The van der Waals surface area contributed by atoms with Gasteiger partial charge in [0.15, 0.2) is 5.82 Å². The van der Waals surface area contributed by atoms with Crippen LogP contribution < -0.4 is 15.0 Å². The summed E-state index contributed by atoms with van der Waals surface area (Å²) in [5, 5.41) is 2.76. The van der Waals surface area contributed by atoms with E-state index >= 15 is 0 Å². The van der Waals surface area contributed by atoms with E-state index in [1.807, 2.05) is 12.1 Å². The van der Waals surface area contributed by atoms with Crippen molar-refractivity contribution in [1.82, 2.24) is 14.9 Å². The molecule has 1 fully saturated rings. The number of halogens is 1. The van der Waals surface area contributed by atoms with Crippen molar-refractivity contribution in [2.45, 2.75) is 6.92 Å². The molecule has 4 rings (SSSR count). The number of aryl methyl sites for hydroxylation is 1. The maximum atomic E-state index is 13.5. The first-order valence-corrected chi connectivity index (χ1v) is 9.43. The van der Waals surface area contributed by atoms with Crippen molar-refractivity contribution < 1.29 is 13.9 Å². The zero-order valence-electron chi connectivity index (χ0n) is 16.4.